The first-order valence-electron chi connectivity index (χ1n) is 77.6. The number of amides is 1. The summed E-state index contributed by atoms with van der Waals surface area (Å²) in [6.45, 7) is 12.1. The molecule has 32 heteroatoms. The number of aromatic amines is 2. The molecule has 6 aromatic heterocycles. The van der Waals surface area contributed by atoms with Crippen LogP contribution in [0, 0.1) is 47.9 Å². The lowest BCUT2D eigenvalue weighted by molar-refractivity contribution is 0.0297. The van der Waals surface area contributed by atoms with Gasteiger partial charge in [-0.25, -0.2) is 69.1 Å². The van der Waals surface area contributed by atoms with Crippen molar-refractivity contribution in [3.05, 3.63) is 131 Å². The zero-order chi connectivity index (χ0) is 164. The lowest BCUT2D eigenvalue weighted by Gasteiger charge is -2.60. The van der Waals surface area contributed by atoms with Gasteiger partial charge in [0.15, 0.2) is 39.8 Å². The lowest BCUT2D eigenvalue weighted by atomic mass is 9.60. The van der Waals surface area contributed by atoms with E-state index in [0.717, 1.165) is 29.9 Å². The van der Waals surface area contributed by atoms with Crippen molar-refractivity contribution in [3.8, 4) is 29.0 Å². The van der Waals surface area contributed by atoms with Gasteiger partial charge in [0.1, 0.15) is 45.9 Å². The van der Waals surface area contributed by atoms with Gasteiger partial charge in [-0.05, 0) is 95.7 Å². The van der Waals surface area contributed by atoms with E-state index in [9.17, 15) is 26.0 Å². The minimum absolute atomic E-state index is 0.0507. The smallest absolute Gasteiger partial charge is 0.414 e. The van der Waals surface area contributed by atoms with Gasteiger partial charge >= 0.3 is 12.1 Å². The van der Waals surface area contributed by atoms with Crippen molar-refractivity contribution in [1.29, 1.82) is 0 Å². The molecule has 2 saturated heterocycles. The van der Waals surface area contributed by atoms with Gasteiger partial charge in [0.2, 0.25) is 19.7 Å². The molecule has 2 spiro atoms. The molecule has 1 amide bonds. The highest BCUT2D eigenvalue weighted by molar-refractivity contribution is 7.91. The number of fused-ring (bicyclic) bond motifs is 6. The number of ether oxygens (including phenoxy) is 4. The summed E-state index contributed by atoms with van der Waals surface area (Å²) < 4.78 is 607. The summed E-state index contributed by atoms with van der Waals surface area (Å²) in [5.74, 6) is -2.89. The van der Waals surface area contributed by atoms with Crippen molar-refractivity contribution in [2.24, 2.45) is 22.3 Å². The van der Waals surface area contributed by atoms with Crippen molar-refractivity contribution in [2.75, 3.05) is 69.6 Å². The maximum absolute atomic E-state index is 15.7. The van der Waals surface area contributed by atoms with Crippen LogP contribution in [-0.2, 0) is 35.9 Å². The standard InChI is InChI=1S/C32H32F2N4O8S2.C22H22F2N8O.C6H12N2.C5H6N2O.47H2/c1-32(2,3)46-31(39)38(4)23-15-22(33)26(34)24-25-28(35-27(23)24)36-30(48(42,43)17-19-9-13-21(45-6)14-10-19)37-29(25)47(40,41)16-18-7-11-20(44-5)12-8-18;1-10-27-6-11(7-28-10)33-21-30-19-16(15-17(24)12(23)5-13(26-2)18(15)29-19)20(31-21)32-8-22(9-32)4-3-14(22)25;7-5-1-2-6(5)3-8-4-6;1-4-6-2-5(8)3-7-4;;;;;;;;;;;;;;;;;;;;;;;;;;;;;;;;;;;;;;;;;;;;;;;/h7-15H,16-17H2,1-6H3,(H,35,36,37);5-7,14,26H,3-4,8-9,25H2,1-2H3,(H,29,30,31);5,8H,1-4,7H2;2-3,8H,1H3;47*1H/t;14-;5-;;;;;;;;;;;;;;;;;;;;;;;;;;;;;;;;;;;;;;;;;;;;;;;;/m.11................................................/s1/i;;;;47*1+1D. The lowest BCUT2D eigenvalue weighted by Crippen LogP contribution is -2.69. The van der Waals surface area contributed by atoms with Crippen molar-refractivity contribution < 1.29 is 203 Å². The van der Waals surface area contributed by atoms with E-state index >= 15 is 13.2 Å². The topological polar surface area (TPSA) is 360 Å². The second-order valence-electron chi connectivity index (χ2n) is 25.3. The molecule has 2 atom stereocenters. The van der Waals surface area contributed by atoms with Crippen LogP contribution in [0.4, 0.5) is 39.5 Å². The van der Waals surface area contributed by atoms with Crippen molar-refractivity contribution in [2.45, 2.75) is 99.7 Å². The van der Waals surface area contributed by atoms with Gasteiger partial charge in [0.05, 0.1) is 94.5 Å². The Hall–Kier alpha value is -9.63. The van der Waals surface area contributed by atoms with Crippen LogP contribution in [0.25, 0.3) is 43.9 Å². The Labute approximate surface area is 699 Å². The molecule has 0 unspecified atom stereocenters. The Bertz CT molecular complexity index is 5010. The molecule has 4 fully saturated rings. The third-order valence-electron chi connectivity index (χ3n) is 17.5. The monoisotopic (exact) mass is 1570 g/mol. The maximum atomic E-state index is 15.7. The van der Waals surface area contributed by atoms with E-state index in [0.29, 0.717) is 87.1 Å². The number of aryl methyl sites for hydroxylation is 2. The predicted molar refractivity (Wildman–Crippen MR) is 454 cm³/mol. The second-order valence-corrected chi connectivity index (χ2v) is 29.1. The Morgan fingerprint density at radius 1 is 0.722 bits per heavy atom. The van der Waals surface area contributed by atoms with Crippen LogP contribution < -0.4 is 46.1 Å². The van der Waals surface area contributed by atoms with Gasteiger partial charge in [0, 0.05) is 215 Å². The molecule has 26 nitrogen and oxygen atoms in total. The summed E-state index contributed by atoms with van der Waals surface area (Å²) in [6.07, 6.45) is 9.52. The number of nitrogens with zero attached hydrogens (tertiary/aromatic N) is 10. The zero-order valence-corrected chi connectivity index (χ0v) is 56.0. The molecule has 9 N–H and O–H groups in total. The average molecular weight is 1570 g/mol. The molecular weight excluding hydrogens is 1300 g/mol. The Morgan fingerprint density at radius 2 is 1.24 bits per heavy atom. The largest absolute Gasteiger partial charge is 0.505 e. The van der Waals surface area contributed by atoms with Gasteiger partial charge in [-0.1, -0.05) is 24.3 Å². The maximum Gasteiger partial charge on any atom is 0.414 e. The molecule has 606 valence electrons. The first-order chi connectivity index (χ1) is 92.9. The number of H-pyrrole nitrogens is 2. The first kappa shape index (κ1) is 31.3. The number of anilines is 3. The zero-order valence-electron chi connectivity index (χ0n) is 148. The number of aromatic hydroxyl groups is 1. The third-order valence-corrected chi connectivity index (χ3v) is 20.6. The minimum Gasteiger partial charge on any atom is -0.505 e. The fraction of sp³-hybridized carbons (Fsp3) is 0.369. The number of carbonyl (C=O) groups excluding carboxylic acids is 1. The number of aromatic nitrogens is 10. The molecule has 97 heavy (non-hydrogen) atoms. The van der Waals surface area contributed by atoms with Crippen LogP contribution in [0.15, 0.2) is 95.6 Å². The fourth-order valence-electron chi connectivity index (χ4n) is 11.7. The van der Waals surface area contributed by atoms with E-state index in [1.54, 1.807) is 53.8 Å². The number of benzene rings is 4. The van der Waals surface area contributed by atoms with E-state index in [2.05, 4.69) is 60.5 Å². The van der Waals surface area contributed by atoms with Crippen LogP contribution in [-0.4, -0.2) is 150 Å². The number of hydrogen-bond acceptors (Lipinski definition) is 23. The van der Waals surface area contributed by atoms with Gasteiger partial charge in [-0.15, -0.1) is 0 Å². The van der Waals surface area contributed by atoms with Crippen LogP contribution >= 0.6 is 0 Å². The molecular formula is C65H166F4N16O10S2. The summed E-state index contributed by atoms with van der Waals surface area (Å²) in [4.78, 5) is 54.6. The van der Waals surface area contributed by atoms with Crippen LogP contribution in [0.1, 0.15) is 209 Å². The third kappa shape index (κ3) is 14.0. The Kier molecular flexibility index (Phi) is 8.63. The van der Waals surface area contributed by atoms with E-state index < -0.39 is 92.7 Å². The van der Waals surface area contributed by atoms with Gasteiger partial charge in [-0.3, -0.25) is 4.90 Å². The summed E-state index contributed by atoms with van der Waals surface area (Å²) in [5, 5.41) is 12.5. The average Bonchev–Trinajstić information content (AvgIpc) is 1.62. The van der Waals surface area contributed by atoms with Crippen molar-refractivity contribution >= 4 is 86.8 Å². The van der Waals surface area contributed by atoms with E-state index in [1.807, 2.05) is 4.90 Å². The quantitative estimate of drug-likeness (QED) is 0.0320. The fourth-order valence-corrected chi connectivity index (χ4v) is 14.5. The first-order valence-corrected chi connectivity index (χ1v) is 33.9. The highest BCUT2D eigenvalue weighted by atomic mass is 32.2. The number of sulfone groups is 2. The summed E-state index contributed by atoms with van der Waals surface area (Å²) in [6, 6.07) is 14.7. The highest BCUT2D eigenvalue weighted by Crippen LogP contribution is 2.51. The van der Waals surface area contributed by atoms with Crippen molar-refractivity contribution in [1.82, 2.24) is 55.2 Å². The minimum atomic E-state index is -4.58. The number of halogens is 4. The van der Waals surface area contributed by atoms with Crippen LogP contribution in [0.3, 0.4) is 0 Å². The summed E-state index contributed by atoms with van der Waals surface area (Å²) in [5.41, 5.74) is 12.6. The molecule has 0 bridgehead atoms. The molecule has 10 aromatic rings. The van der Waals surface area contributed by atoms with E-state index in [-0.39, 0.29) is 45.4 Å². The SMILES string of the molecule is CNc1cc(F)c(F)c2c1[nH]c1nc(Oc3cnc(C)nc3)nc(N3CC4(CC[C@H]4N)C3)c12.COc1ccc(CS(=O)(=O)c2nc(S(=O)(=O)Cc3ccc(OC)cc3)c3c(n2)[nH]c2c(N(C)C(=O)OC(C)(C)C)cc(F)c(F)c23)cc1.Cc1ncc(O)cn1.N[C@@H]1CCC12CNC2.[2H][2H].[2H][2H].[2H][2H].[2H][2H].[2H][2H].[2H][2H].[2H][2H].[2H][2H].[2H][2H].[2H][2H].[2H][2H].[2H][2H].[2H][2H].[2H][2H].[2H][2H].[2H][2H].[2H][2H].[2H][2H].[2H][2H].[2H][2H].[2H][2H].[2H][2H].[2H][2H].[2H][2H].[2H][2H].[2H][2H].[2H][2H].[2H][2H].[2H][2H].[2H][2H].[2H][2H].[2H][2H].[2H][2H].[2H][2H].[2H][2H].[2H][2H].[2H][2H].[2H][2H].[2H][2H].[2H][2H].[2H][2H].[2H][2H].[2H][2H].[2H][2H].[2H][2H].[2H][2H].[2H][2H]. The number of rotatable bonds is 13. The van der Waals surface area contributed by atoms with Crippen LogP contribution in [0.2, 0.25) is 0 Å². The van der Waals surface area contributed by atoms with Crippen LogP contribution in [0.5, 0.6) is 29.0 Å². The van der Waals surface area contributed by atoms with E-state index in [4.69, 9.17) is 175 Å². The molecule has 8 heterocycles. The van der Waals surface area contributed by atoms with Crippen molar-refractivity contribution in [3.63, 3.8) is 0 Å². The van der Waals surface area contributed by atoms with Gasteiger partial charge in [0.25, 0.3) is 5.16 Å². The molecule has 2 aliphatic carbocycles. The molecule has 2 aliphatic heterocycles. The predicted octanol–water partition coefficient (Wildman–Crippen LogP) is 20.7. The number of carbonyl (C=O) groups is 1. The number of methoxy groups -OCH3 is 2. The van der Waals surface area contributed by atoms with Gasteiger partial charge < -0.3 is 61.0 Å². The highest BCUT2D eigenvalue weighted by Gasteiger charge is 2.54. The molecule has 4 aromatic carbocycles. The Balaban J connectivity index is -0.0000000416. The molecule has 0 radical (unpaired) electrons. The second kappa shape index (κ2) is 26.8. The number of hydrogen-bond donors (Lipinski definition) is 7. The molecule has 2 saturated carbocycles. The normalized spacial score (nSPS) is 20.6. The molecule has 4 aliphatic rings. The van der Waals surface area contributed by atoms with Gasteiger partial charge in [-0.2, -0.15) is 9.97 Å². The number of nitrogens with two attached hydrogens (primary N) is 2. The Morgan fingerprint density at radius 3 is 1.71 bits per heavy atom. The number of nitrogens with one attached hydrogen (secondary N) is 4. The summed E-state index contributed by atoms with van der Waals surface area (Å²) in [7, 11) is -3.20. The molecule has 14 rings (SSSR count). The van der Waals surface area contributed by atoms with E-state index in [1.165, 1.54) is 108 Å². The summed E-state index contributed by atoms with van der Waals surface area (Å²) >= 11 is 0.